The first kappa shape index (κ1) is 11.9. The predicted octanol–water partition coefficient (Wildman–Crippen LogP) is 3.33. The fourth-order valence-corrected chi connectivity index (χ4v) is 3.61. The summed E-state index contributed by atoms with van der Waals surface area (Å²) in [7, 11) is 0. The third-order valence-electron chi connectivity index (χ3n) is 3.62. The van der Waals surface area contributed by atoms with E-state index in [1.165, 1.54) is 22.7 Å². The lowest BCUT2D eigenvalue weighted by atomic mass is 10.1. The molecule has 94 valence electrons. The van der Waals surface area contributed by atoms with Crippen molar-refractivity contribution in [1.29, 1.82) is 0 Å². The fraction of sp³-hybridized carbons (Fsp3) is 0.400. The zero-order chi connectivity index (χ0) is 12.4. The number of thiazole rings is 1. The Balaban J connectivity index is 1.70. The smallest absolute Gasteiger partial charge is 0.0959 e. The molecule has 1 heterocycles. The van der Waals surface area contributed by atoms with Crippen LogP contribution in [0.5, 0.6) is 0 Å². The van der Waals surface area contributed by atoms with Crippen molar-refractivity contribution in [2.45, 2.75) is 37.6 Å². The van der Waals surface area contributed by atoms with E-state index in [0.29, 0.717) is 12.0 Å². The molecule has 3 rings (SSSR count). The molecule has 3 heteroatoms. The third kappa shape index (κ3) is 2.62. The van der Waals surface area contributed by atoms with Crippen LogP contribution in [0, 0.1) is 0 Å². The van der Waals surface area contributed by atoms with E-state index in [4.69, 9.17) is 10.7 Å². The highest BCUT2D eigenvalue weighted by Crippen LogP contribution is 2.35. The first-order chi connectivity index (χ1) is 8.81. The van der Waals surface area contributed by atoms with E-state index >= 15 is 0 Å². The summed E-state index contributed by atoms with van der Waals surface area (Å²) in [5, 5.41) is 3.49. The molecular weight excluding hydrogens is 240 g/mol. The lowest BCUT2D eigenvalue weighted by molar-refractivity contribution is 0.670. The molecule has 2 N–H and O–H groups in total. The Kier molecular flexibility index (Phi) is 3.43. The molecule has 0 unspecified atom stereocenters. The number of aromatic nitrogens is 1. The van der Waals surface area contributed by atoms with Gasteiger partial charge < -0.3 is 5.73 Å². The van der Waals surface area contributed by atoms with Gasteiger partial charge in [-0.05, 0) is 24.8 Å². The van der Waals surface area contributed by atoms with E-state index in [-0.39, 0.29) is 0 Å². The van der Waals surface area contributed by atoms with E-state index in [1.807, 2.05) is 0 Å². The summed E-state index contributed by atoms with van der Waals surface area (Å²) in [6.45, 7) is 0. The first-order valence-electron chi connectivity index (χ1n) is 6.55. The molecular formula is C15H18N2S. The van der Waals surface area contributed by atoms with Gasteiger partial charge >= 0.3 is 0 Å². The maximum atomic E-state index is 5.97. The second-order valence-electron chi connectivity index (χ2n) is 5.11. The van der Waals surface area contributed by atoms with Crippen LogP contribution in [0.1, 0.15) is 41.4 Å². The summed E-state index contributed by atoms with van der Waals surface area (Å²) in [4.78, 5) is 4.78. The molecule has 2 aromatic rings. The van der Waals surface area contributed by atoms with E-state index < -0.39 is 0 Å². The SMILES string of the molecule is N[C@H]1CC[C@@H](c2nc(Cc3ccccc3)cs2)C1. The van der Waals surface area contributed by atoms with Crippen molar-refractivity contribution in [2.75, 3.05) is 0 Å². The zero-order valence-electron chi connectivity index (χ0n) is 10.4. The molecule has 2 atom stereocenters. The van der Waals surface area contributed by atoms with Crippen LogP contribution in [0.25, 0.3) is 0 Å². The largest absolute Gasteiger partial charge is 0.328 e. The Hall–Kier alpha value is -1.19. The molecule has 18 heavy (non-hydrogen) atoms. The molecule has 1 aromatic heterocycles. The predicted molar refractivity (Wildman–Crippen MR) is 75.9 cm³/mol. The van der Waals surface area contributed by atoms with Gasteiger partial charge in [-0.25, -0.2) is 4.98 Å². The van der Waals surface area contributed by atoms with Crippen LogP contribution in [0.15, 0.2) is 35.7 Å². The summed E-state index contributed by atoms with van der Waals surface area (Å²) in [5.41, 5.74) is 8.50. The monoisotopic (exact) mass is 258 g/mol. The highest BCUT2D eigenvalue weighted by Gasteiger charge is 2.25. The van der Waals surface area contributed by atoms with Gasteiger partial charge in [0.15, 0.2) is 0 Å². The van der Waals surface area contributed by atoms with Crippen molar-refractivity contribution in [3.63, 3.8) is 0 Å². The second-order valence-corrected chi connectivity index (χ2v) is 6.00. The standard InChI is InChI=1S/C15H18N2S/c16-13-7-6-12(9-13)15-17-14(10-18-15)8-11-4-2-1-3-5-11/h1-5,10,12-13H,6-9,16H2/t12-,13+/m1/s1. The molecule has 0 bridgehead atoms. The minimum absolute atomic E-state index is 0.386. The minimum atomic E-state index is 0.386. The normalized spacial score (nSPS) is 23.4. The van der Waals surface area contributed by atoms with Crippen LogP contribution in [0.2, 0.25) is 0 Å². The van der Waals surface area contributed by atoms with Gasteiger partial charge in [-0.15, -0.1) is 11.3 Å². The zero-order valence-corrected chi connectivity index (χ0v) is 11.2. The van der Waals surface area contributed by atoms with Crippen LogP contribution < -0.4 is 5.73 Å². The lowest BCUT2D eigenvalue weighted by Crippen LogP contribution is -2.14. The molecule has 1 aromatic carbocycles. The van der Waals surface area contributed by atoms with Gasteiger partial charge in [-0.1, -0.05) is 30.3 Å². The van der Waals surface area contributed by atoms with Crippen LogP contribution >= 0.6 is 11.3 Å². The van der Waals surface area contributed by atoms with Gasteiger partial charge in [-0.2, -0.15) is 0 Å². The summed E-state index contributed by atoms with van der Waals surface area (Å²) < 4.78 is 0. The van der Waals surface area contributed by atoms with E-state index in [2.05, 4.69) is 35.7 Å². The average Bonchev–Trinajstić information content (AvgIpc) is 2.99. The van der Waals surface area contributed by atoms with Gasteiger partial charge in [0, 0.05) is 23.8 Å². The molecule has 0 amide bonds. The van der Waals surface area contributed by atoms with Crippen LogP contribution in [0.4, 0.5) is 0 Å². The maximum Gasteiger partial charge on any atom is 0.0959 e. The van der Waals surface area contributed by atoms with Gasteiger partial charge in [-0.3, -0.25) is 0 Å². The molecule has 1 saturated carbocycles. The summed E-state index contributed by atoms with van der Waals surface area (Å²) >= 11 is 1.80. The van der Waals surface area contributed by atoms with Crippen molar-refractivity contribution >= 4 is 11.3 Å². The highest BCUT2D eigenvalue weighted by molar-refractivity contribution is 7.09. The Bertz CT molecular complexity index is 506. The Morgan fingerprint density at radius 1 is 1.22 bits per heavy atom. The van der Waals surface area contributed by atoms with Crippen molar-refractivity contribution < 1.29 is 0 Å². The van der Waals surface area contributed by atoms with Gasteiger partial charge in [0.1, 0.15) is 0 Å². The van der Waals surface area contributed by atoms with Crippen molar-refractivity contribution in [2.24, 2.45) is 5.73 Å². The minimum Gasteiger partial charge on any atom is -0.328 e. The summed E-state index contributed by atoms with van der Waals surface area (Å²) in [6.07, 6.45) is 4.41. The van der Waals surface area contributed by atoms with E-state index in [1.54, 1.807) is 11.3 Å². The van der Waals surface area contributed by atoms with Gasteiger partial charge in [0.05, 0.1) is 10.7 Å². The molecule has 0 radical (unpaired) electrons. The summed E-state index contributed by atoms with van der Waals surface area (Å²) in [6, 6.07) is 10.9. The fourth-order valence-electron chi connectivity index (χ4n) is 2.64. The number of hydrogen-bond donors (Lipinski definition) is 1. The van der Waals surface area contributed by atoms with Gasteiger partial charge in [0.25, 0.3) is 0 Å². The Morgan fingerprint density at radius 2 is 2.06 bits per heavy atom. The second kappa shape index (κ2) is 5.21. The molecule has 1 aliphatic carbocycles. The van der Waals surface area contributed by atoms with E-state index in [0.717, 1.165) is 19.3 Å². The highest BCUT2D eigenvalue weighted by atomic mass is 32.1. The van der Waals surface area contributed by atoms with E-state index in [9.17, 15) is 0 Å². The Morgan fingerprint density at radius 3 is 2.78 bits per heavy atom. The molecule has 0 saturated heterocycles. The average molecular weight is 258 g/mol. The van der Waals surface area contributed by atoms with Gasteiger partial charge in [0.2, 0.25) is 0 Å². The molecule has 1 fully saturated rings. The topological polar surface area (TPSA) is 38.9 Å². The van der Waals surface area contributed by atoms with Crippen molar-refractivity contribution in [3.8, 4) is 0 Å². The quantitative estimate of drug-likeness (QED) is 0.917. The number of nitrogens with zero attached hydrogens (tertiary/aromatic N) is 1. The Labute approximate surface area is 112 Å². The van der Waals surface area contributed by atoms with Crippen molar-refractivity contribution in [3.05, 3.63) is 52.0 Å². The molecule has 2 nitrogen and oxygen atoms in total. The molecule has 1 aliphatic rings. The number of benzene rings is 1. The number of nitrogens with two attached hydrogens (primary N) is 1. The van der Waals surface area contributed by atoms with Crippen LogP contribution in [-0.2, 0) is 6.42 Å². The van der Waals surface area contributed by atoms with Crippen LogP contribution in [0.3, 0.4) is 0 Å². The van der Waals surface area contributed by atoms with Crippen LogP contribution in [-0.4, -0.2) is 11.0 Å². The third-order valence-corrected chi connectivity index (χ3v) is 4.68. The first-order valence-corrected chi connectivity index (χ1v) is 7.43. The maximum absolute atomic E-state index is 5.97. The molecule has 0 spiro atoms. The molecule has 0 aliphatic heterocycles. The lowest BCUT2D eigenvalue weighted by Gasteiger charge is -2.04. The number of rotatable bonds is 3. The van der Waals surface area contributed by atoms with Crippen molar-refractivity contribution in [1.82, 2.24) is 4.98 Å². The number of hydrogen-bond acceptors (Lipinski definition) is 3. The summed E-state index contributed by atoms with van der Waals surface area (Å²) in [5.74, 6) is 0.606.